The van der Waals surface area contributed by atoms with Crippen LogP contribution in [0.2, 0.25) is 0 Å². The Morgan fingerprint density at radius 2 is 2.09 bits per heavy atom. The summed E-state index contributed by atoms with van der Waals surface area (Å²) in [5.41, 5.74) is 1.77. The lowest BCUT2D eigenvalue weighted by atomic mass is 9.92. The zero-order chi connectivity index (χ0) is 15.5. The van der Waals surface area contributed by atoms with Crippen molar-refractivity contribution >= 4 is 34.2 Å². The molecule has 22 heavy (non-hydrogen) atoms. The average Bonchev–Trinajstić information content (AvgIpc) is 2.89. The lowest BCUT2D eigenvalue weighted by molar-refractivity contribution is -0.111. The Bertz CT molecular complexity index is 734. The van der Waals surface area contributed by atoms with Gasteiger partial charge in [-0.05, 0) is 24.0 Å². The fraction of sp³-hybridized carbons (Fsp3) is 0.235. The van der Waals surface area contributed by atoms with Crippen LogP contribution in [-0.2, 0) is 11.2 Å². The molecule has 0 saturated carbocycles. The third-order valence-electron chi connectivity index (χ3n) is 3.48. The normalized spacial score (nSPS) is 17.5. The first-order valence-electron chi connectivity index (χ1n) is 7.19. The Morgan fingerprint density at radius 1 is 1.32 bits per heavy atom. The lowest BCUT2D eigenvalue weighted by Crippen LogP contribution is -2.16. The molecule has 0 spiro atoms. The molecule has 112 valence electrons. The van der Waals surface area contributed by atoms with Gasteiger partial charge in [-0.15, -0.1) is 0 Å². The summed E-state index contributed by atoms with van der Waals surface area (Å²) in [4.78, 5) is 29.0. The number of ketones is 1. The van der Waals surface area contributed by atoms with Gasteiger partial charge < -0.3 is 0 Å². The molecule has 3 rings (SSSR count). The van der Waals surface area contributed by atoms with E-state index < -0.39 is 0 Å². The summed E-state index contributed by atoms with van der Waals surface area (Å²) in [5, 5.41) is 3.23. The average molecular weight is 312 g/mol. The number of thiazole rings is 1. The van der Waals surface area contributed by atoms with Crippen molar-refractivity contribution in [1.82, 2.24) is 4.98 Å². The quantitative estimate of drug-likeness (QED) is 0.882. The van der Waals surface area contributed by atoms with Gasteiger partial charge in [0.25, 0.3) is 0 Å². The van der Waals surface area contributed by atoms with Crippen molar-refractivity contribution in [3.8, 4) is 0 Å². The number of anilines is 1. The Balaban J connectivity index is 1.69. The third kappa shape index (κ3) is 3.31. The molecule has 1 atom stereocenters. The molecule has 1 amide bonds. The summed E-state index contributed by atoms with van der Waals surface area (Å²) in [5.74, 6) is 0.214. The molecule has 0 unspecified atom stereocenters. The molecule has 2 aromatic rings. The maximum absolute atomic E-state index is 11.9. The molecule has 5 heteroatoms. The molecule has 0 aliphatic heterocycles. The highest BCUT2D eigenvalue weighted by Gasteiger charge is 2.26. The highest BCUT2D eigenvalue weighted by Crippen LogP contribution is 2.31. The number of carbonyl (C=O) groups is 2. The maximum atomic E-state index is 11.9. The molecular formula is C17H16N2O2S. The molecule has 0 saturated heterocycles. The molecule has 0 radical (unpaired) electrons. The van der Waals surface area contributed by atoms with Crippen molar-refractivity contribution in [2.45, 2.75) is 19.8 Å². The van der Waals surface area contributed by atoms with E-state index in [-0.39, 0.29) is 11.7 Å². The number of nitrogens with zero attached hydrogens (tertiary/aromatic N) is 1. The van der Waals surface area contributed by atoms with Crippen molar-refractivity contribution in [3.05, 3.63) is 52.5 Å². The van der Waals surface area contributed by atoms with Gasteiger partial charge in [0, 0.05) is 12.5 Å². The number of rotatable bonds is 3. The minimum atomic E-state index is -0.240. The highest BCUT2D eigenvalue weighted by molar-refractivity contribution is 7.17. The van der Waals surface area contributed by atoms with Crippen molar-refractivity contribution in [2.24, 2.45) is 5.92 Å². The molecule has 1 aliphatic rings. The zero-order valence-electron chi connectivity index (χ0n) is 12.2. The van der Waals surface area contributed by atoms with Crippen molar-refractivity contribution in [1.29, 1.82) is 0 Å². The number of fused-ring (bicyclic) bond motifs is 1. The second kappa shape index (κ2) is 6.23. The van der Waals surface area contributed by atoms with Crippen LogP contribution in [0.25, 0.3) is 6.08 Å². The van der Waals surface area contributed by atoms with Gasteiger partial charge in [0.1, 0.15) is 0 Å². The first-order chi connectivity index (χ1) is 10.6. The number of nitrogens with one attached hydrogen (secondary N) is 1. The number of hydrogen-bond donors (Lipinski definition) is 1. The van der Waals surface area contributed by atoms with Gasteiger partial charge in [0.2, 0.25) is 5.91 Å². The fourth-order valence-corrected chi connectivity index (χ4v) is 3.40. The largest absolute Gasteiger partial charge is 0.298 e. The van der Waals surface area contributed by atoms with Gasteiger partial charge in [-0.2, -0.15) is 0 Å². The van der Waals surface area contributed by atoms with Crippen LogP contribution in [0.5, 0.6) is 0 Å². The van der Waals surface area contributed by atoms with Crippen LogP contribution in [0.1, 0.15) is 34.3 Å². The van der Waals surface area contributed by atoms with E-state index in [0.29, 0.717) is 22.3 Å². The van der Waals surface area contributed by atoms with E-state index in [0.717, 1.165) is 17.7 Å². The second-order valence-electron chi connectivity index (χ2n) is 5.46. The number of aromatic nitrogens is 1. The van der Waals surface area contributed by atoms with Crippen LogP contribution >= 0.6 is 11.3 Å². The lowest BCUT2D eigenvalue weighted by Gasteiger charge is -2.14. The standard InChI is InChI=1S/C17H16N2O2S/c1-11-9-13-16(14(20)10-11)22-17(18-13)19-15(21)8-7-12-5-3-2-4-6-12/h2-8,11H,9-10H2,1H3,(H,18,19,21)/b8-7+/t11-/m1/s1. The van der Waals surface area contributed by atoms with E-state index >= 15 is 0 Å². The summed E-state index contributed by atoms with van der Waals surface area (Å²) in [6.45, 7) is 2.04. The Kier molecular flexibility index (Phi) is 4.15. The zero-order valence-corrected chi connectivity index (χ0v) is 13.0. The number of benzene rings is 1. The summed E-state index contributed by atoms with van der Waals surface area (Å²) >= 11 is 1.27. The van der Waals surface area contributed by atoms with Crippen LogP contribution in [0.15, 0.2) is 36.4 Å². The first kappa shape index (κ1) is 14.7. The van der Waals surface area contributed by atoms with E-state index in [4.69, 9.17) is 0 Å². The predicted octanol–water partition coefficient (Wildman–Crippen LogP) is 3.56. The smallest absolute Gasteiger partial charge is 0.250 e. The van der Waals surface area contributed by atoms with Gasteiger partial charge in [-0.25, -0.2) is 4.98 Å². The monoisotopic (exact) mass is 312 g/mol. The Morgan fingerprint density at radius 3 is 2.86 bits per heavy atom. The summed E-state index contributed by atoms with van der Waals surface area (Å²) in [6, 6.07) is 9.60. The summed E-state index contributed by atoms with van der Waals surface area (Å²) in [7, 11) is 0. The number of carbonyl (C=O) groups excluding carboxylic acids is 2. The maximum Gasteiger partial charge on any atom is 0.250 e. The highest BCUT2D eigenvalue weighted by atomic mass is 32.1. The van der Waals surface area contributed by atoms with Gasteiger partial charge in [-0.1, -0.05) is 48.6 Å². The van der Waals surface area contributed by atoms with Gasteiger partial charge in [0.15, 0.2) is 10.9 Å². The predicted molar refractivity (Wildman–Crippen MR) is 88.0 cm³/mol. The van der Waals surface area contributed by atoms with Gasteiger partial charge >= 0.3 is 0 Å². The Hall–Kier alpha value is -2.27. The molecule has 0 fully saturated rings. The van der Waals surface area contributed by atoms with Crippen molar-refractivity contribution < 1.29 is 9.59 Å². The molecular weight excluding hydrogens is 296 g/mol. The SMILES string of the molecule is C[C@H]1CC(=O)c2sc(NC(=O)/C=C/c3ccccc3)nc2C1. The number of hydrogen-bond acceptors (Lipinski definition) is 4. The minimum absolute atomic E-state index is 0.131. The van der Waals surface area contributed by atoms with Crippen LogP contribution in [0, 0.1) is 5.92 Å². The van der Waals surface area contributed by atoms with Crippen LogP contribution in [-0.4, -0.2) is 16.7 Å². The van der Waals surface area contributed by atoms with E-state index in [2.05, 4.69) is 10.3 Å². The Labute approximate surface area is 132 Å². The molecule has 1 aliphatic carbocycles. The molecule has 1 N–H and O–H groups in total. The number of Topliss-reactive ketones (excluding diaryl/α,β-unsaturated/α-hetero) is 1. The van der Waals surface area contributed by atoms with Crippen LogP contribution in [0.3, 0.4) is 0 Å². The first-order valence-corrected chi connectivity index (χ1v) is 8.00. The van der Waals surface area contributed by atoms with E-state index in [9.17, 15) is 9.59 Å². The van der Waals surface area contributed by atoms with E-state index in [1.807, 2.05) is 37.3 Å². The molecule has 0 bridgehead atoms. The van der Waals surface area contributed by atoms with Crippen molar-refractivity contribution in [3.63, 3.8) is 0 Å². The van der Waals surface area contributed by atoms with Crippen LogP contribution in [0.4, 0.5) is 5.13 Å². The molecule has 1 heterocycles. The summed E-state index contributed by atoms with van der Waals surface area (Å²) < 4.78 is 0. The topological polar surface area (TPSA) is 59.1 Å². The van der Waals surface area contributed by atoms with E-state index in [1.54, 1.807) is 6.08 Å². The van der Waals surface area contributed by atoms with Crippen LogP contribution < -0.4 is 5.32 Å². The molecule has 1 aromatic heterocycles. The van der Waals surface area contributed by atoms with Gasteiger partial charge in [0.05, 0.1) is 10.6 Å². The van der Waals surface area contributed by atoms with Crippen molar-refractivity contribution in [2.75, 3.05) is 5.32 Å². The minimum Gasteiger partial charge on any atom is -0.298 e. The van der Waals surface area contributed by atoms with E-state index in [1.165, 1.54) is 17.4 Å². The summed E-state index contributed by atoms with van der Waals surface area (Å²) in [6.07, 6.45) is 4.58. The van der Waals surface area contributed by atoms with Gasteiger partial charge in [-0.3, -0.25) is 14.9 Å². The molecule has 1 aromatic carbocycles. The fourth-order valence-electron chi connectivity index (χ4n) is 2.46. The third-order valence-corrected chi connectivity index (χ3v) is 4.54. The number of amides is 1. The second-order valence-corrected chi connectivity index (χ2v) is 6.46. The molecule has 4 nitrogen and oxygen atoms in total.